The average Bonchev–Trinajstić information content (AvgIpc) is 2.59. The van der Waals surface area contributed by atoms with Crippen molar-refractivity contribution in [3.8, 4) is 0 Å². The third-order valence-electron chi connectivity index (χ3n) is 2.71. The Balaban J connectivity index is 2.01. The number of aromatic nitrogens is 1. The topological polar surface area (TPSA) is 65.2 Å². The summed E-state index contributed by atoms with van der Waals surface area (Å²) in [4.78, 5) is 28.3. The van der Waals surface area contributed by atoms with Gasteiger partial charge in [-0.15, -0.1) is 0 Å². The minimum absolute atomic E-state index is 0.0828. The van der Waals surface area contributed by atoms with E-state index in [0.29, 0.717) is 6.42 Å². The molecule has 2 N–H and O–H groups in total. The largest absolute Gasteiger partial charge is 0.340 e. The molecule has 0 aliphatic carbocycles. The van der Waals surface area contributed by atoms with E-state index in [2.05, 4.69) is 10.3 Å². The molecule has 0 aromatic carbocycles. The molecule has 5 nitrogen and oxygen atoms in total. The Morgan fingerprint density at radius 1 is 1.44 bits per heavy atom. The minimum atomic E-state index is -0.0828. The van der Waals surface area contributed by atoms with Crippen LogP contribution in [-0.4, -0.2) is 42.0 Å². The lowest BCUT2D eigenvalue weighted by Gasteiger charge is -2.27. The number of rotatable bonds is 2. The van der Waals surface area contributed by atoms with E-state index in [4.69, 9.17) is 0 Å². The summed E-state index contributed by atoms with van der Waals surface area (Å²) in [6.07, 6.45) is 0.342. The number of carbonyl (C=O) groups is 1. The van der Waals surface area contributed by atoms with Crippen LogP contribution in [0, 0.1) is 6.92 Å². The molecule has 0 atom stereocenters. The molecule has 0 saturated carbocycles. The van der Waals surface area contributed by atoms with Crippen molar-refractivity contribution in [1.29, 1.82) is 0 Å². The lowest BCUT2D eigenvalue weighted by Crippen LogP contribution is -2.46. The highest BCUT2D eigenvalue weighted by atomic mass is 32.1. The first-order chi connectivity index (χ1) is 7.66. The first-order valence-corrected chi connectivity index (χ1v) is 6.15. The highest BCUT2D eigenvalue weighted by Crippen LogP contribution is 2.10. The van der Waals surface area contributed by atoms with E-state index in [0.717, 1.165) is 48.1 Å². The maximum absolute atomic E-state index is 11.9. The fourth-order valence-corrected chi connectivity index (χ4v) is 2.60. The standard InChI is InChI=1S/C10H15N3O2S/c1-7-8(16-10(15)12-7)6-9(14)13-4-2-11-3-5-13/h11H,2-6H2,1H3,(H,12,15). The van der Waals surface area contributed by atoms with E-state index in [1.165, 1.54) is 0 Å². The number of nitrogens with zero attached hydrogens (tertiary/aromatic N) is 1. The summed E-state index contributed by atoms with van der Waals surface area (Å²) in [6, 6.07) is 0. The first-order valence-electron chi connectivity index (χ1n) is 5.34. The zero-order chi connectivity index (χ0) is 11.5. The molecule has 0 unspecified atom stereocenters. The van der Waals surface area contributed by atoms with Gasteiger partial charge in [-0.2, -0.15) is 0 Å². The van der Waals surface area contributed by atoms with Crippen LogP contribution in [0.2, 0.25) is 0 Å². The summed E-state index contributed by atoms with van der Waals surface area (Å²) in [5, 5.41) is 3.20. The average molecular weight is 241 g/mol. The second-order valence-corrected chi connectivity index (χ2v) is 4.94. The summed E-state index contributed by atoms with van der Waals surface area (Å²) < 4.78 is 0. The zero-order valence-electron chi connectivity index (χ0n) is 9.21. The van der Waals surface area contributed by atoms with Crippen molar-refractivity contribution in [2.75, 3.05) is 26.2 Å². The van der Waals surface area contributed by atoms with Gasteiger partial charge in [-0.05, 0) is 6.92 Å². The third-order valence-corrected chi connectivity index (χ3v) is 3.69. The Morgan fingerprint density at radius 3 is 2.69 bits per heavy atom. The van der Waals surface area contributed by atoms with Gasteiger partial charge in [0.2, 0.25) is 5.91 Å². The number of piperazine rings is 1. The Morgan fingerprint density at radius 2 is 2.12 bits per heavy atom. The van der Waals surface area contributed by atoms with Crippen molar-refractivity contribution in [2.45, 2.75) is 13.3 Å². The second kappa shape index (κ2) is 4.80. The van der Waals surface area contributed by atoms with Gasteiger partial charge in [0.05, 0.1) is 6.42 Å². The predicted molar refractivity (Wildman–Crippen MR) is 62.8 cm³/mol. The van der Waals surface area contributed by atoms with Gasteiger partial charge in [-0.25, -0.2) is 0 Å². The molecule has 6 heteroatoms. The summed E-state index contributed by atoms with van der Waals surface area (Å²) in [5.74, 6) is 0.111. The molecule has 1 aromatic rings. The molecular formula is C10H15N3O2S. The normalized spacial score (nSPS) is 16.4. The van der Waals surface area contributed by atoms with Crippen molar-refractivity contribution in [1.82, 2.24) is 15.2 Å². The molecule has 16 heavy (non-hydrogen) atoms. The van der Waals surface area contributed by atoms with Crippen LogP contribution >= 0.6 is 11.3 Å². The van der Waals surface area contributed by atoms with E-state index in [1.54, 1.807) is 0 Å². The summed E-state index contributed by atoms with van der Waals surface area (Å²) in [6.45, 7) is 5.06. The van der Waals surface area contributed by atoms with E-state index < -0.39 is 0 Å². The number of thiazole rings is 1. The first kappa shape index (κ1) is 11.3. The molecule has 1 aromatic heterocycles. The van der Waals surface area contributed by atoms with Crippen molar-refractivity contribution in [3.63, 3.8) is 0 Å². The molecule has 88 valence electrons. The number of nitrogens with one attached hydrogen (secondary N) is 2. The van der Waals surface area contributed by atoms with Crippen molar-refractivity contribution < 1.29 is 4.79 Å². The van der Waals surface area contributed by atoms with Crippen LogP contribution in [0.25, 0.3) is 0 Å². The molecule has 0 radical (unpaired) electrons. The number of aromatic amines is 1. The van der Waals surface area contributed by atoms with E-state index >= 15 is 0 Å². The Bertz CT molecular complexity index is 432. The Labute approximate surface area is 97.5 Å². The molecule has 0 spiro atoms. The van der Waals surface area contributed by atoms with Gasteiger partial charge in [-0.3, -0.25) is 9.59 Å². The van der Waals surface area contributed by atoms with Gasteiger partial charge in [0.15, 0.2) is 0 Å². The quantitative estimate of drug-likeness (QED) is 0.748. The summed E-state index contributed by atoms with van der Waals surface area (Å²) in [5.41, 5.74) is 0.818. The van der Waals surface area contributed by atoms with Gasteiger partial charge in [-0.1, -0.05) is 11.3 Å². The maximum atomic E-state index is 11.9. The lowest BCUT2D eigenvalue weighted by molar-refractivity contribution is -0.130. The van der Waals surface area contributed by atoms with Crippen molar-refractivity contribution in [3.05, 3.63) is 20.2 Å². The van der Waals surface area contributed by atoms with Gasteiger partial charge in [0.25, 0.3) is 0 Å². The summed E-state index contributed by atoms with van der Waals surface area (Å²) in [7, 11) is 0. The highest BCUT2D eigenvalue weighted by molar-refractivity contribution is 7.09. The highest BCUT2D eigenvalue weighted by Gasteiger charge is 2.18. The fraction of sp³-hybridized carbons (Fsp3) is 0.600. The number of carbonyl (C=O) groups excluding carboxylic acids is 1. The van der Waals surface area contributed by atoms with Crippen LogP contribution in [0.1, 0.15) is 10.6 Å². The van der Waals surface area contributed by atoms with E-state index in [9.17, 15) is 9.59 Å². The minimum Gasteiger partial charge on any atom is -0.340 e. The van der Waals surface area contributed by atoms with Crippen molar-refractivity contribution in [2.24, 2.45) is 0 Å². The molecule has 1 aliphatic heterocycles. The smallest absolute Gasteiger partial charge is 0.304 e. The third kappa shape index (κ3) is 2.51. The number of aryl methyl sites for hydroxylation is 1. The summed E-state index contributed by atoms with van der Waals surface area (Å²) >= 11 is 1.13. The Kier molecular flexibility index (Phi) is 3.40. The van der Waals surface area contributed by atoms with Crippen LogP contribution in [-0.2, 0) is 11.2 Å². The molecule has 0 bridgehead atoms. The second-order valence-electron chi connectivity index (χ2n) is 3.87. The monoisotopic (exact) mass is 241 g/mol. The zero-order valence-corrected chi connectivity index (χ0v) is 10.0. The molecule has 2 heterocycles. The molecule has 1 saturated heterocycles. The van der Waals surface area contributed by atoms with E-state index in [1.807, 2.05) is 11.8 Å². The number of amides is 1. The SMILES string of the molecule is Cc1[nH]c(=O)sc1CC(=O)N1CCNCC1. The van der Waals surface area contributed by atoms with Crippen LogP contribution < -0.4 is 10.2 Å². The van der Waals surface area contributed by atoms with Crippen LogP contribution in [0.5, 0.6) is 0 Å². The van der Waals surface area contributed by atoms with Gasteiger partial charge >= 0.3 is 4.87 Å². The molecular weight excluding hydrogens is 226 g/mol. The lowest BCUT2D eigenvalue weighted by atomic mass is 10.2. The van der Waals surface area contributed by atoms with E-state index in [-0.39, 0.29) is 10.8 Å². The van der Waals surface area contributed by atoms with Crippen molar-refractivity contribution >= 4 is 17.2 Å². The maximum Gasteiger partial charge on any atom is 0.304 e. The van der Waals surface area contributed by atoms with Gasteiger partial charge < -0.3 is 15.2 Å². The molecule has 1 fully saturated rings. The number of hydrogen-bond donors (Lipinski definition) is 2. The molecule has 1 aliphatic rings. The predicted octanol–water partition coefficient (Wildman–Crippen LogP) is -0.281. The fourth-order valence-electron chi connectivity index (χ4n) is 1.77. The number of H-pyrrole nitrogens is 1. The number of hydrogen-bond acceptors (Lipinski definition) is 4. The molecule has 2 rings (SSSR count). The van der Waals surface area contributed by atoms with Crippen LogP contribution in [0.3, 0.4) is 0 Å². The van der Waals surface area contributed by atoms with Crippen LogP contribution in [0.4, 0.5) is 0 Å². The van der Waals surface area contributed by atoms with Gasteiger partial charge in [0.1, 0.15) is 0 Å². The molecule has 1 amide bonds. The Hall–Kier alpha value is -1.14. The van der Waals surface area contributed by atoms with Gasteiger partial charge in [0, 0.05) is 36.8 Å². The van der Waals surface area contributed by atoms with Crippen LogP contribution in [0.15, 0.2) is 4.79 Å².